The van der Waals surface area contributed by atoms with Crippen molar-refractivity contribution in [1.82, 2.24) is 4.98 Å². The first-order valence-corrected chi connectivity index (χ1v) is 4.96. The van der Waals surface area contributed by atoms with E-state index in [9.17, 15) is 0 Å². The van der Waals surface area contributed by atoms with Crippen LogP contribution < -0.4 is 10.6 Å². The van der Waals surface area contributed by atoms with Crippen molar-refractivity contribution in [1.29, 1.82) is 0 Å². The van der Waals surface area contributed by atoms with Gasteiger partial charge in [-0.15, -0.1) is 0 Å². The topological polar surface area (TPSA) is 42.1 Å². The third-order valence-electron chi connectivity index (χ3n) is 2.41. The summed E-state index contributed by atoms with van der Waals surface area (Å²) in [7, 11) is 3.97. The van der Waals surface area contributed by atoms with Crippen molar-refractivity contribution in [3.63, 3.8) is 0 Å². The van der Waals surface area contributed by atoms with Gasteiger partial charge in [-0.3, -0.25) is 0 Å². The summed E-state index contributed by atoms with van der Waals surface area (Å²) in [4.78, 5) is 6.48. The second kappa shape index (κ2) is 4.42. The molecule has 3 nitrogen and oxygen atoms in total. The summed E-state index contributed by atoms with van der Waals surface area (Å²) in [6, 6.07) is 4.20. The Morgan fingerprint density at radius 1 is 1.43 bits per heavy atom. The summed E-state index contributed by atoms with van der Waals surface area (Å²) in [6.45, 7) is 4.10. The zero-order chi connectivity index (χ0) is 10.7. The van der Waals surface area contributed by atoms with Crippen molar-refractivity contribution < 1.29 is 0 Å². The van der Waals surface area contributed by atoms with Crippen molar-refractivity contribution >= 4 is 5.82 Å². The highest BCUT2D eigenvalue weighted by Gasteiger charge is 2.08. The highest BCUT2D eigenvalue weighted by molar-refractivity contribution is 5.40. The van der Waals surface area contributed by atoms with Crippen molar-refractivity contribution in [2.45, 2.75) is 26.3 Å². The van der Waals surface area contributed by atoms with Gasteiger partial charge in [-0.05, 0) is 25.0 Å². The Hall–Kier alpha value is -1.09. The van der Waals surface area contributed by atoms with E-state index in [-0.39, 0.29) is 6.04 Å². The van der Waals surface area contributed by atoms with Gasteiger partial charge in [0.25, 0.3) is 0 Å². The third kappa shape index (κ3) is 2.23. The summed E-state index contributed by atoms with van der Waals surface area (Å²) in [5.74, 6) is 0.981. The van der Waals surface area contributed by atoms with Crippen LogP contribution in [0.3, 0.4) is 0 Å². The minimum absolute atomic E-state index is 0.110. The zero-order valence-electron chi connectivity index (χ0n) is 9.41. The molecule has 0 fully saturated rings. The number of hydrogen-bond acceptors (Lipinski definition) is 3. The number of hydrogen-bond donors (Lipinski definition) is 1. The summed E-state index contributed by atoms with van der Waals surface area (Å²) >= 11 is 0. The fourth-order valence-electron chi connectivity index (χ4n) is 1.42. The molecule has 0 aliphatic rings. The molecule has 1 rings (SSSR count). The maximum atomic E-state index is 5.97. The van der Waals surface area contributed by atoms with Gasteiger partial charge in [0.2, 0.25) is 0 Å². The number of anilines is 1. The lowest BCUT2D eigenvalue weighted by molar-refractivity contribution is 0.688. The van der Waals surface area contributed by atoms with Crippen LogP contribution in [0.5, 0.6) is 0 Å². The van der Waals surface area contributed by atoms with Crippen LogP contribution in [-0.4, -0.2) is 19.1 Å². The van der Waals surface area contributed by atoms with Gasteiger partial charge in [0.05, 0.1) is 0 Å². The fourth-order valence-corrected chi connectivity index (χ4v) is 1.42. The average molecular weight is 193 g/mol. The molecular weight excluding hydrogens is 174 g/mol. The van der Waals surface area contributed by atoms with E-state index in [1.54, 1.807) is 0 Å². The number of aromatic nitrogens is 1. The average Bonchev–Trinajstić information content (AvgIpc) is 2.16. The van der Waals surface area contributed by atoms with E-state index in [1.165, 1.54) is 0 Å². The van der Waals surface area contributed by atoms with Crippen molar-refractivity contribution in [3.05, 3.63) is 23.4 Å². The van der Waals surface area contributed by atoms with Crippen LogP contribution >= 0.6 is 0 Å². The van der Waals surface area contributed by atoms with Gasteiger partial charge >= 0.3 is 0 Å². The second-order valence-corrected chi connectivity index (χ2v) is 3.75. The lowest BCUT2D eigenvalue weighted by Crippen LogP contribution is -2.15. The van der Waals surface area contributed by atoms with Crippen LogP contribution in [-0.2, 0) is 0 Å². The van der Waals surface area contributed by atoms with Crippen LogP contribution in [0.1, 0.15) is 30.6 Å². The highest BCUT2D eigenvalue weighted by Crippen LogP contribution is 2.19. The first-order chi connectivity index (χ1) is 6.56. The van der Waals surface area contributed by atoms with Crippen molar-refractivity contribution in [2.75, 3.05) is 19.0 Å². The van der Waals surface area contributed by atoms with Gasteiger partial charge in [-0.25, -0.2) is 4.98 Å². The first-order valence-electron chi connectivity index (χ1n) is 4.96. The molecule has 1 aromatic heterocycles. The number of rotatable bonds is 3. The molecule has 0 saturated carbocycles. The minimum Gasteiger partial charge on any atom is -0.363 e. The van der Waals surface area contributed by atoms with Crippen molar-refractivity contribution in [2.24, 2.45) is 5.73 Å². The molecule has 0 bridgehead atoms. The van der Waals surface area contributed by atoms with E-state index in [4.69, 9.17) is 5.73 Å². The Bertz CT molecular complexity index is 307. The summed E-state index contributed by atoms with van der Waals surface area (Å²) < 4.78 is 0. The van der Waals surface area contributed by atoms with E-state index < -0.39 is 0 Å². The molecule has 0 spiro atoms. The van der Waals surface area contributed by atoms with Gasteiger partial charge < -0.3 is 10.6 Å². The number of aryl methyl sites for hydroxylation is 1. The smallest absolute Gasteiger partial charge is 0.128 e. The van der Waals surface area contributed by atoms with Crippen LogP contribution in [0, 0.1) is 6.92 Å². The molecule has 3 heteroatoms. The SMILES string of the molecule is CCC(N)c1ccc(N(C)C)nc1C. The predicted molar refractivity (Wildman–Crippen MR) is 60.5 cm³/mol. The Kier molecular flexibility index (Phi) is 3.47. The monoisotopic (exact) mass is 193 g/mol. The highest BCUT2D eigenvalue weighted by atomic mass is 15.1. The fraction of sp³-hybridized carbons (Fsp3) is 0.545. The van der Waals surface area contributed by atoms with Crippen LogP contribution in [0.25, 0.3) is 0 Å². The van der Waals surface area contributed by atoms with E-state index in [0.717, 1.165) is 23.5 Å². The molecule has 0 radical (unpaired) electrons. The van der Waals surface area contributed by atoms with Crippen LogP contribution in [0.2, 0.25) is 0 Å². The molecular formula is C11H19N3. The number of nitrogens with two attached hydrogens (primary N) is 1. The molecule has 0 aliphatic carbocycles. The molecule has 0 amide bonds. The summed E-state index contributed by atoms with van der Waals surface area (Å²) in [5, 5.41) is 0. The first kappa shape index (κ1) is 11.0. The largest absolute Gasteiger partial charge is 0.363 e. The summed E-state index contributed by atoms with van der Waals surface area (Å²) in [6.07, 6.45) is 0.948. The molecule has 1 heterocycles. The maximum absolute atomic E-state index is 5.97. The van der Waals surface area contributed by atoms with Gasteiger partial charge in [-0.1, -0.05) is 13.0 Å². The van der Waals surface area contributed by atoms with Crippen molar-refractivity contribution in [3.8, 4) is 0 Å². The van der Waals surface area contributed by atoms with Gasteiger partial charge in [0.1, 0.15) is 5.82 Å². The Balaban J connectivity index is 3.01. The van der Waals surface area contributed by atoms with Crippen LogP contribution in [0.15, 0.2) is 12.1 Å². The van der Waals surface area contributed by atoms with Gasteiger partial charge in [0.15, 0.2) is 0 Å². The molecule has 1 unspecified atom stereocenters. The van der Waals surface area contributed by atoms with Gasteiger partial charge in [0, 0.05) is 25.8 Å². The lowest BCUT2D eigenvalue weighted by atomic mass is 10.0. The molecule has 0 aliphatic heterocycles. The van der Waals surface area contributed by atoms with E-state index in [2.05, 4.69) is 18.0 Å². The van der Waals surface area contributed by atoms with Gasteiger partial charge in [-0.2, -0.15) is 0 Å². The van der Waals surface area contributed by atoms with Crippen LogP contribution in [0.4, 0.5) is 5.82 Å². The van der Waals surface area contributed by atoms with E-state index in [1.807, 2.05) is 32.0 Å². The predicted octanol–water partition coefficient (Wildman–Crippen LogP) is 1.87. The van der Waals surface area contributed by atoms with E-state index >= 15 is 0 Å². The standard InChI is InChI=1S/C11H19N3/c1-5-10(12)9-6-7-11(14(3)4)13-8(9)2/h6-7,10H,5,12H2,1-4H3. The van der Waals surface area contributed by atoms with E-state index in [0.29, 0.717) is 0 Å². The molecule has 2 N–H and O–H groups in total. The molecule has 1 aromatic rings. The minimum atomic E-state index is 0.110. The number of pyridine rings is 1. The lowest BCUT2D eigenvalue weighted by Gasteiger charge is -2.16. The Labute approximate surface area is 85.9 Å². The number of nitrogens with zero attached hydrogens (tertiary/aromatic N) is 2. The second-order valence-electron chi connectivity index (χ2n) is 3.75. The molecule has 78 valence electrons. The molecule has 0 aromatic carbocycles. The normalized spacial score (nSPS) is 12.6. The maximum Gasteiger partial charge on any atom is 0.128 e. The summed E-state index contributed by atoms with van der Waals surface area (Å²) in [5.41, 5.74) is 8.15. The Morgan fingerprint density at radius 2 is 2.07 bits per heavy atom. The third-order valence-corrected chi connectivity index (χ3v) is 2.41. The zero-order valence-corrected chi connectivity index (χ0v) is 9.41. The molecule has 14 heavy (non-hydrogen) atoms. The Morgan fingerprint density at radius 3 is 2.50 bits per heavy atom. The molecule has 1 atom stereocenters. The quantitative estimate of drug-likeness (QED) is 0.796. The molecule has 0 saturated heterocycles.